The molecule has 0 amide bonds. The molecule has 0 aliphatic carbocycles. The van der Waals surface area contributed by atoms with E-state index in [-0.39, 0.29) is 11.9 Å². The van der Waals surface area contributed by atoms with E-state index < -0.39 is 24.6 Å². The van der Waals surface area contributed by atoms with E-state index in [1.807, 2.05) is 23.1 Å². The first-order chi connectivity index (χ1) is 17.9. The molecular formula is C27H29F4N5O. The van der Waals surface area contributed by atoms with E-state index in [1.165, 1.54) is 11.6 Å². The van der Waals surface area contributed by atoms with Crippen LogP contribution in [-0.4, -0.2) is 53.6 Å². The molecule has 3 heterocycles. The van der Waals surface area contributed by atoms with Crippen molar-refractivity contribution in [3.05, 3.63) is 77.1 Å². The van der Waals surface area contributed by atoms with Gasteiger partial charge in [0.05, 0.1) is 17.9 Å². The van der Waals surface area contributed by atoms with Gasteiger partial charge in [0.25, 0.3) is 6.43 Å². The van der Waals surface area contributed by atoms with Crippen molar-refractivity contribution in [1.82, 2.24) is 14.9 Å². The molecule has 0 radical (unpaired) electrons. The van der Waals surface area contributed by atoms with Gasteiger partial charge in [-0.15, -0.1) is 0 Å². The minimum atomic E-state index is -2.52. The number of aromatic nitrogens is 2. The maximum Gasteiger partial charge on any atom is 0.255 e. The molecule has 1 aromatic heterocycles. The third kappa shape index (κ3) is 6.30. The standard InChI is InChI=1S/C27H29F4N5O/c28-19-6-7-24(21(29)14-19)37-20-8-12-36(13-9-20)27-26(32-15-25(30)31)33-22-10-11-35(17-23(22)34-27)16-18-4-2-1-3-5-18/h1-7,14,20,25H,8-13,15-17H2,(H,32,33). The monoisotopic (exact) mass is 515 g/mol. The van der Waals surface area contributed by atoms with E-state index in [2.05, 4.69) is 22.3 Å². The summed E-state index contributed by atoms with van der Waals surface area (Å²) < 4.78 is 59.0. The number of fused-ring (bicyclic) bond motifs is 1. The number of hydrogen-bond donors (Lipinski definition) is 1. The predicted octanol–water partition coefficient (Wildman–Crippen LogP) is 5.04. The lowest BCUT2D eigenvalue weighted by molar-refractivity contribution is 0.162. The molecule has 1 saturated heterocycles. The molecule has 0 bridgehead atoms. The number of anilines is 2. The van der Waals surface area contributed by atoms with Crippen LogP contribution >= 0.6 is 0 Å². The van der Waals surface area contributed by atoms with Gasteiger partial charge in [0.2, 0.25) is 0 Å². The molecule has 5 rings (SSSR count). The van der Waals surface area contributed by atoms with Gasteiger partial charge < -0.3 is 15.0 Å². The van der Waals surface area contributed by atoms with Gasteiger partial charge in [0.15, 0.2) is 23.2 Å². The van der Waals surface area contributed by atoms with Crippen molar-refractivity contribution in [2.24, 2.45) is 0 Å². The van der Waals surface area contributed by atoms with Crippen molar-refractivity contribution in [2.45, 2.75) is 44.9 Å². The summed E-state index contributed by atoms with van der Waals surface area (Å²) in [7, 11) is 0. The SMILES string of the molecule is Fc1ccc(OC2CCN(c3nc4c(nc3NCC(F)F)CCN(Cc3ccccc3)C4)CC2)c(F)c1. The average molecular weight is 516 g/mol. The van der Waals surface area contributed by atoms with Gasteiger partial charge in [-0.05, 0) is 17.7 Å². The van der Waals surface area contributed by atoms with E-state index >= 15 is 0 Å². The van der Waals surface area contributed by atoms with Crippen molar-refractivity contribution in [3.63, 3.8) is 0 Å². The molecule has 1 N–H and O–H groups in total. The summed E-state index contributed by atoms with van der Waals surface area (Å²) in [4.78, 5) is 13.9. The van der Waals surface area contributed by atoms with Gasteiger partial charge >= 0.3 is 0 Å². The van der Waals surface area contributed by atoms with Gasteiger partial charge in [0, 0.05) is 58.1 Å². The zero-order valence-electron chi connectivity index (χ0n) is 20.3. The number of rotatable bonds is 8. The number of hydrogen-bond acceptors (Lipinski definition) is 6. The largest absolute Gasteiger partial charge is 0.487 e. The second kappa shape index (κ2) is 11.3. The molecule has 2 aliphatic heterocycles. The summed E-state index contributed by atoms with van der Waals surface area (Å²) in [6.45, 7) is 2.81. The molecule has 0 spiro atoms. The Bertz CT molecular complexity index is 1200. The highest BCUT2D eigenvalue weighted by Crippen LogP contribution is 2.30. The van der Waals surface area contributed by atoms with Gasteiger partial charge in [-0.25, -0.2) is 27.5 Å². The Morgan fingerprint density at radius 1 is 0.973 bits per heavy atom. The minimum absolute atomic E-state index is 0.0196. The Hall–Kier alpha value is -3.40. The van der Waals surface area contributed by atoms with Crippen LogP contribution in [0.5, 0.6) is 5.75 Å². The van der Waals surface area contributed by atoms with E-state index in [0.717, 1.165) is 36.6 Å². The molecule has 196 valence electrons. The van der Waals surface area contributed by atoms with Crippen molar-refractivity contribution in [1.29, 1.82) is 0 Å². The van der Waals surface area contributed by atoms with Crippen LogP contribution < -0.4 is 15.0 Å². The maximum absolute atomic E-state index is 14.0. The normalized spacial score (nSPS) is 16.6. The lowest BCUT2D eigenvalue weighted by Crippen LogP contribution is -2.40. The Kier molecular flexibility index (Phi) is 7.73. The molecule has 0 saturated carbocycles. The fraction of sp³-hybridized carbons (Fsp3) is 0.407. The van der Waals surface area contributed by atoms with Gasteiger partial charge in [-0.1, -0.05) is 30.3 Å². The smallest absolute Gasteiger partial charge is 0.255 e. The summed E-state index contributed by atoms with van der Waals surface area (Å²) in [5, 5.41) is 2.78. The maximum atomic E-state index is 14.0. The van der Waals surface area contributed by atoms with E-state index in [1.54, 1.807) is 0 Å². The second-order valence-corrected chi connectivity index (χ2v) is 9.39. The summed E-state index contributed by atoms with van der Waals surface area (Å²) in [5.41, 5.74) is 2.90. The van der Waals surface area contributed by atoms with Crippen LogP contribution in [0.4, 0.5) is 29.2 Å². The Morgan fingerprint density at radius 3 is 2.49 bits per heavy atom. The predicted molar refractivity (Wildman–Crippen MR) is 133 cm³/mol. The second-order valence-electron chi connectivity index (χ2n) is 9.39. The first kappa shape index (κ1) is 25.3. The number of nitrogens with one attached hydrogen (secondary N) is 1. The van der Waals surface area contributed by atoms with Crippen LogP contribution in [0.2, 0.25) is 0 Å². The number of nitrogens with zero attached hydrogens (tertiary/aromatic N) is 4. The van der Waals surface area contributed by atoms with Crippen LogP contribution in [0, 0.1) is 11.6 Å². The summed E-state index contributed by atoms with van der Waals surface area (Å²) in [6, 6.07) is 13.5. The van der Waals surface area contributed by atoms with Gasteiger partial charge in [-0.3, -0.25) is 4.90 Å². The lowest BCUT2D eigenvalue weighted by Gasteiger charge is -2.35. The number of alkyl halides is 2. The van der Waals surface area contributed by atoms with E-state index in [0.29, 0.717) is 50.5 Å². The Labute approximate surface area is 213 Å². The molecule has 2 aromatic carbocycles. The topological polar surface area (TPSA) is 53.5 Å². The molecular weight excluding hydrogens is 486 g/mol. The van der Waals surface area contributed by atoms with E-state index in [4.69, 9.17) is 14.7 Å². The fourth-order valence-corrected chi connectivity index (χ4v) is 4.80. The molecule has 0 atom stereocenters. The van der Waals surface area contributed by atoms with Crippen molar-refractivity contribution in [3.8, 4) is 5.75 Å². The van der Waals surface area contributed by atoms with Crippen LogP contribution in [0.15, 0.2) is 48.5 Å². The highest BCUT2D eigenvalue weighted by Gasteiger charge is 2.28. The minimum Gasteiger partial charge on any atom is -0.487 e. The number of piperidine rings is 1. The van der Waals surface area contributed by atoms with Crippen molar-refractivity contribution < 1.29 is 22.3 Å². The van der Waals surface area contributed by atoms with Crippen LogP contribution in [0.25, 0.3) is 0 Å². The highest BCUT2D eigenvalue weighted by molar-refractivity contribution is 5.62. The third-order valence-corrected chi connectivity index (χ3v) is 6.67. The van der Waals surface area contributed by atoms with Crippen LogP contribution in [0.3, 0.4) is 0 Å². The molecule has 6 nitrogen and oxygen atoms in total. The summed E-state index contributed by atoms with van der Waals surface area (Å²) in [6.07, 6.45) is -0.927. The van der Waals surface area contributed by atoms with Crippen molar-refractivity contribution >= 4 is 11.6 Å². The quantitative estimate of drug-likeness (QED) is 0.425. The molecule has 2 aliphatic rings. The number of ether oxygens (including phenoxy) is 1. The zero-order chi connectivity index (χ0) is 25.8. The van der Waals surface area contributed by atoms with Gasteiger partial charge in [0.1, 0.15) is 11.9 Å². The number of benzene rings is 2. The van der Waals surface area contributed by atoms with Crippen LogP contribution in [0.1, 0.15) is 29.8 Å². The third-order valence-electron chi connectivity index (χ3n) is 6.67. The summed E-state index contributed by atoms with van der Waals surface area (Å²) >= 11 is 0. The highest BCUT2D eigenvalue weighted by atomic mass is 19.3. The number of halogens is 4. The summed E-state index contributed by atoms with van der Waals surface area (Å²) in [5.74, 6) is -0.462. The van der Waals surface area contributed by atoms with Crippen molar-refractivity contribution in [2.75, 3.05) is 36.4 Å². The Balaban J connectivity index is 1.30. The van der Waals surface area contributed by atoms with Crippen LogP contribution in [-0.2, 0) is 19.5 Å². The molecule has 3 aromatic rings. The molecule has 0 unspecified atom stereocenters. The fourth-order valence-electron chi connectivity index (χ4n) is 4.80. The molecule has 10 heteroatoms. The Morgan fingerprint density at radius 2 is 1.76 bits per heavy atom. The average Bonchev–Trinajstić information content (AvgIpc) is 2.89. The zero-order valence-corrected chi connectivity index (χ0v) is 20.3. The van der Waals surface area contributed by atoms with Gasteiger partial charge in [-0.2, -0.15) is 0 Å². The molecule has 1 fully saturated rings. The first-order valence-corrected chi connectivity index (χ1v) is 12.5. The molecule has 37 heavy (non-hydrogen) atoms. The van der Waals surface area contributed by atoms with E-state index in [9.17, 15) is 17.6 Å². The first-order valence-electron chi connectivity index (χ1n) is 12.5. The lowest BCUT2D eigenvalue weighted by atomic mass is 10.1.